The monoisotopic (exact) mass is 520 g/mol. The Bertz CT molecular complexity index is 1400. The normalized spacial score (nSPS) is 12.6. The first kappa shape index (κ1) is 28.1. The molecule has 3 rings (SSSR count). The van der Waals surface area contributed by atoms with Gasteiger partial charge in [-0.3, -0.25) is 13.9 Å². The summed E-state index contributed by atoms with van der Waals surface area (Å²) in [4.78, 5) is 26.5. The summed E-state index contributed by atoms with van der Waals surface area (Å²) in [6, 6.07) is 18.6. The van der Waals surface area contributed by atoms with Crippen molar-refractivity contribution >= 4 is 33.1 Å². The molecule has 7 heteroatoms. The lowest BCUT2D eigenvalue weighted by atomic mass is 9.86. The molecule has 0 radical (unpaired) electrons. The Labute approximate surface area is 220 Å². The quantitative estimate of drug-likeness (QED) is 0.369. The Hall–Kier alpha value is -3.45. The largest absolute Gasteiger partial charge is 0.324 e. The van der Waals surface area contributed by atoms with Crippen molar-refractivity contribution in [2.45, 2.75) is 59.4 Å². The van der Waals surface area contributed by atoms with E-state index in [1.54, 1.807) is 43.3 Å². The van der Waals surface area contributed by atoms with Crippen molar-refractivity contribution in [2.75, 3.05) is 15.9 Å². The lowest BCUT2D eigenvalue weighted by molar-refractivity contribution is -0.117. The lowest BCUT2D eigenvalue weighted by Gasteiger charge is -2.30. The summed E-state index contributed by atoms with van der Waals surface area (Å²) in [6.07, 6.45) is 1.37. The molecule has 1 N–H and O–H groups in total. The number of benzene rings is 3. The van der Waals surface area contributed by atoms with E-state index in [1.807, 2.05) is 44.2 Å². The third kappa shape index (κ3) is 6.66. The van der Waals surface area contributed by atoms with Crippen LogP contribution in [0.1, 0.15) is 66.7 Å². The van der Waals surface area contributed by atoms with E-state index in [1.165, 1.54) is 4.31 Å². The van der Waals surface area contributed by atoms with E-state index in [0.717, 1.165) is 22.9 Å². The van der Waals surface area contributed by atoms with Crippen molar-refractivity contribution in [1.82, 2.24) is 0 Å². The zero-order valence-electron chi connectivity index (χ0n) is 22.6. The molecule has 0 unspecified atom stereocenters. The van der Waals surface area contributed by atoms with E-state index in [0.29, 0.717) is 22.5 Å². The number of aryl methyl sites for hydroxylation is 2. The van der Waals surface area contributed by atoms with Gasteiger partial charge in [0.25, 0.3) is 0 Å². The zero-order chi connectivity index (χ0) is 27.5. The van der Waals surface area contributed by atoms with Crippen molar-refractivity contribution in [3.63, 3.8) is 0 Å². The fourth-order valence-electron chi connectivity index (χ4n) is 4.17. The lowest BCUT2D eigenvalue weighted by Crippen LogP contribution is -2.47. The Kier molecular flexibility index (Phi) is 8.28. The SMILES string of the molecule is CC[C@H](C(=O)Nc1cccc(C(=O)c2ccc(C(C)(C)C)cc2)c1)N(c1ccc(C)c(C)c1)S(C)(=O)=O. The molecule has 0 bridgehead atoms. The van der Waals surface area contributed by atoms with Crippen LogP contribution < -0.4 is 9.62 Å². The molecule has 1 atom stereocenters. The number of amides is 1. The molecule has 0 aromatic heterocycles. The highest BCUT2D eigenvalue weighted by atomic mass is 32.2. The molecule has 0 aliphatic heterocycles. The standard InChI is InChI=1S/C30H36N2O4S/c1-8-27(32(37(7,35)36)26-17-12-20(2)21(3)18-26)29(34)31-25-11-9-10-23(19-25)28(33)22-13-15-24(16-14-22)30(4,5)6/h9-19,27H,8H2,1-7H3,(H,31,34)/t27-/m1/s1. The molecule has 0 saturated heterocycles. The van der Waals surface area contributed by atoms with Crippen LogP contribution in [0.25, 0.3) is 0 Å². The second-order valence-electron chi connectivity index (χ2n) is 10.5. The fourth-order valence-corrected chi connectivity index (χ4v) is 5.38. The summed E-state index contributed by atoms with van der Waals surface area (Å²) in [5, 5.41) is 2.82. The van der Waals surface area contributed by atoms with Gasteiger partial charge in [0.2, 0.25) is 15.9 Å². The number of nitrogens with one attached hydrogen (secondary N) is 1. The van der Waals surface area contributed by atoms with Crippen molar-refractivity contribution in [3.8, 4) is 0 Å². The highest BCUT2D eigenvalue weighted by molar-refractivity contribution is 7.92. The molecule has 3 aromatic carbocycles. The zero-order valence-corrected chi connectivity index (χ0v) is 23.4. The maximum absolute atomic E-state index is 13.3. The molecule has 0 spiro atoms. The van der Waals surface area contributed by atoms with Gasteiger partial charge in [0, 0.05) is 16.8 Å². The average molecular weight is 521 g/mol. The molecule has 0 saturated carbocycles. The topological polar surface area (TPSA) is 83.6 Å². The van der Waals surface area contributed by atoms with Crippen LogP contribution in [0.2, 0.25) is 0 Å². The number of carbonyl (C=O) groups excluding carboxylic acids is 2. The van der Waals surface area contributed by atoms with Gasteiger partial charge >= 0.3 is 0 Å². The van der Waals surface area contributed by atoms with E-state index >= 15 is 0 Å². The number of sulfonamides is 1. The van der Waals surface area contributed by atoms with E-state index in [4.69, 9.17) is 0 Å². The minimum atomic E-state index is -3.75. The van der Waals surface area contributed by atoms with Crippen LogP contribution in [0.4, 0.5) is 11.4 Å². The number of ketones is 1. The summed E-state index contributed by atoms with van der Waals surface area (Å²) >= 11 is 0. The van der Waals surface area contributed by atoms with E-state index in [9.17, 15) is 18.0 Å². The van der Waals surface area contributed by atoms with Gasteiger partial charge in [-0.25, -0.2) is 8.42 Å². The summed E-state index contributed by atoms with van der Waals surface area (Å²) < 4.78 is 26.7. The summed E-state index contributed by atoms with van der Waals surface area (Å²) in [5.41, 5.74) is 4.94. The first-order valence-corrected chi connectivity index (χ1v) is 14.2. The van der Waals surface area contributed by atoms with Crippen molar-refractivity contribution in [1.29, 1.82) is 0 Å². The van der Waals surface area contributed by atoms with E-state index < -0.39 is 22.0 Å². The fraction of sp³-hybridized carbons (Fsp3) is 0.333. The minimum Gasteiger partial charge on any atom is -0.324 e. The first-order valence-electron chi connectivity index (χ1n) is 12.3. The van der Waals surface area contributed by atoms with Crippen molar-refractivity contribution in [3.05, 3.63) is 94.5 Å². The van der Waals surface area contributed by atoms with Gasteiger partial charge in [0.15, 0.2) is 5.78 Å². The maximum Gasteiger partial charge on any atom is 0.248 e. The number of anilines is 2. The summed E-state index contributed by atoms with van der Waals surface area (Å²) in [5.74, 6) is -0.623. The number of hydrogen-bond donors (Lipinski definition) is 1. The van der Waals surface area contributed by atoms with Crippen LogP contribution >= 0.6 is 0 Å². The molecule has 0 heterocycles. The molecule has 1 amide bonds. The third-order valence-corrected chi connectivity index (χ3v) is 7.66. The number of carbonyl (C=O) groups is 2. The van der Waals surface area contributed by atoms with Crippen molar-refractivity contribution in [2.24, 2.45) is 0 Å². The maximum atomic E-state index is 13.3. The van der Waals surface area contributed by atoms with Gasteiger partial charge in [0.05, 0.1) is 11.9 Å². The molecular weight excluding hydrogens is 484 g/mol. The molecule has 6 nitrogen and oxygen atoms in total. The molecule has 0 aliphatic rings. The molecule has 196 valence electrons. The Morgan fingerprint density at radius 1 is 0.892 bits per heavy atom. The summed E-state index contributed by atoms with van der Waals surface area (Å²) in [7, 11) is -3.75. The first-order chi connectivity index (χ1) is 17.2. The summed E-state index contributed by atoms with van der Waals surface area (Å²) in [6.45, 7) is 12.0. The van der Waals surface area contributed by atoms with Gasteiger partial charge in [-0.1, -0.05) is 70.2 Å². The van der Waals surface area contributed by atoms with Gasteiger partial charge in [-0.15, -0.1) is 0 Å². The second kappa shape index (κ2) is 10.9. The van der Waals surface area contributed by atoms with Gasteiger partial charge in [-0.05, 0) is 66.6 Å². The predicted molar refractivity (Wildman–Crippen MR) is 151 cm³/mol. The number of hydrogen-bond acceptors (Lipinski definition) is 4. The van der Waals surface area contributed by atoms with Crippen LogP contribution in [-0.4, -0.2) is 32.4 Å². The molecule has 3 aromatic rings. The van der Waals surface area contributed by atoms with Gasteiger partial charge in [-0.2, -0.15) is 0 Å². The average Bonchev–Trinajstić information content (AvgIpc) is 2.82. The van der Waals surface area contributed by atoms with Crippen LogP contribution in [0.15, 0.2) is 66.7 Å². The van der Waals surface area contributed by atoms with Crippen LogP contribution in [-0.2, 0) is 20.2 Å². The Balaban J connectivity index is 1.86. The molecule has 0 fully saturated rings. The minimum absolute atomic E-state index is 0.0152. The number of nitrogens with zero attached hydrogens (tertiary/aromatic N) is 1. The van der Waals surface area contributed by atoms with E-state index in [-0.39, 0.29) is 17.6 Å². The molecular formula is C30H36N2O4S. The van der Waals surface area contributed by atoms with Crippen LogP contribution in [0.3, 0.4) is 0 Å². The Morgan fingerprint density at radius 3 is 2.08 bits per heavy atom. The van der Waals surface area contributed by atoms with Gasteiger partial charge < -0.3 is 5.32 Å². The van der Waals surface area contributed by atoms with Crippen molar-refractivity contribution < 1.29 is 18.0 Å². The third-order valence-electron chi connectivity index (χ3n) is 6.48. The van der Waals surface area contributed by atoms with Gasteiger partial charge in [0.1, 0.15) is 6.04 Å². The molecule has 0 aliphatic carbocycles. The number of rotatable bonds is 8. The Morgan fingerprint density at radius 2 is 1.54 bits per heavy atom. The second-order valence-corrected chi connectivity index (χ2v) is 12.3. The highest BCUT2D eigenvalue weighted by Crippen LogP contribution is 2.27. The predicted octanol–water partition coefficient (Wildman–Crippen LogP) is 6.02. The molecule has 37 heavy (non-hydrogen) atoms. The van der Waals surface area contributed by atoms with Crippen LogP contribution in [0, 0.1) is 13.8 Å². The smallest absolute Gasteiger partial charge is 0.248 e. The highest BCUT2D eigenvalue weighted by Gasteiger charge is 2.32. The van der Waals surface area contributed by atoms with Crippen LogP contribution in [0.5, 0.6) is 0 Å². The van der Waals surface area contributed by atoms with E-state index in [2.05, 4.69) is 26.1 Å².